The van der Waals surface area contributed by atoms with Crippen molar-refractivity contribution in [3.05, 3.63) is 41.4 Å². The zero-order valence-electron chi connectivity index (χ0n) is 7.66. The first-order valence-corrected chi connectivity index (χ1v) is 5.41. The Morgan fingerprint density at radius 3 is 2.69 bits per heavy atom. The van der Waals surface area contributed by atoms with Crippen LogP contribution in [0.1, 0.15) is 13.3 Å². The van der Waals surface area contributed by atoms with E-state index in [2.05, 4.69) is 30.4 Å². The van der Waals surface area contributed by atoms with Gasteiger partial charge in [0.15, 0.2) is 0 Å². The summed E-state index contributed by atoms with van der Waals surface area (Å²) in [7, 11) is 0. The van der Waals surface area contributed by atoms with E-state index in [4.69, 9.17) is 0 Å². The fourth-order valence-electron chi connectivity index (χ4n) is 1.33. The van der Waals surface area contributed by atoms with Gasteiger partial charge in [-0.3, -0.25) is 0 Å². The molecule has 0 saturated heterocycles. The molecule has 1 unspecified atom stereocenters. The predicted molar refractivity (Wildman–Crippen MR) is 59.8 cm³/mol. The van der Waals surface area contributed by atoms with Crippen LogP contribution in [0, 0.1) is 0 Å². The molecule has 0 aliphatic carbocycles. The van der Waals surface area contributed by atoms with Crippen LogP contribution >= 0.6 is 11.8 Å². The summed E-state index contributed by atoms with van der Waals surface area (Å²) < 4.78 is 0. The van der Waals surface area contributed by atoms with Crippen LogP contribution in [0.4, 0.5) is 5.69 Å². The van der Waals surface area contributed by atoms with E-state index in [9.17, 15) is 0 Å². The monoisotopic (exact) mass is 191 g/mol. The number of allylic oxidation sites excluding steroid dienone is 1. The van der Waals surface area contributed by atoms with E-state index in [1.807, 2.05) is 30.0 Å². The Balaban J connectivity index is 2.00. The van der Waals surface area contributed by atoms with E-state index < -0.39 is 0 Å². The van der Waals surface area contributed by atoms with Gasteiger partial charge in [0, 0.05) is 10.9 Å². The van der Waals surface area contributed by atoms with Crippen molar-refractivity contribution in [3.8, 4) is 0 Å². The minimum absolute atomic E-state index is 0.728. The quantitative estimate of drug-likeness (QED) is 0.768. The highest BCUT2D eigenvalue weighted by atomic mass is 32.2. The lowest BCUT2D eigenvalue weighted by Crippen LogP contribution is -1.94. The number of hydrogen-bond acceptors (Lipinski definition) is 2. The van der Waals surface area contributed by atoms with Gasteiger partial charge in [-0.1, -0.05) is 31.2 Å². The van der Waals surface area contributed by atoms with Crippen LogP contribution < -0.4 is 5.32 Å². The standard InChI is InChI=1S/C11H13NS/c1-9-7-8-11(13-9)12-10-5-3-2-4-6-10/h2-6,8-9,12H,7H2,1H3. The highest BCUT2D eigenvalue weighted by Gasteiger charge is 2.12. The molecule has 13 heavy (non-hydrogen) atoms. The van der Waals surface area contributed by atoms with Gasteiger partial charge in [-0.25, -0.2) is 0 Å². The smallest absolute Gasteiger partial charge is 0.0688 e. The number of thioether (sulfide) groups is 1. The molecule has 1 aromatic rings. The van der Waals surface area contributed by atoms with Gasteiger partial charge in [0.05, 0.1) is 5.03 Å². The molecule has 0 aromatic heterocycles. The number of hydrogen-bond donors (Lipinski definition) is 1. The topological polar surface area (TPSA) is 12.0 Å². The van der Waals surface area contributed by atoms with Crippen LogP contribution in [0.15, 0.2) is 41.4 Å². The minimum atomic E-state index is 0.728. The van der Waals surface area contributed by atoms with Crippen molar-refractivity contribution >= 4 is 17.4 Å². The number of anilines is 1. The highest BCUT2D eigenvalue weighted by Crippen LogP contribution is 2.32. The van der Waals surface area contributed by atoms with Gasteiger partial charge < -0.3 is 5.32 Å². The average Bonchev–Trinajstić information content (AvgIpc) is 2.53. The summed E-state index contributed by atoms with van der Waals surface area (Å²) in [4.78, 5) is 0. The normalized spacial score (nSPS) is 21.3. The highest BCUT2D eigenvalue weighted by molar-refractivity contribution is 8.04. The number of para-hydroxylation sites is 1. The third-order valence-corrected chi connectivity index (χ3v) is 3.12. The largest absolute Gasteiger partial charge is 0.350 e. The first-order chi connectivity index (χ1) is 6.34. The summed E-state index contributed by atoms with van der Waals surface area (Å²) in [6.45, 7) is 2.25. The van der Waals surface area contributed by atoms with Gasteiger partial charge in [0.1, 0.15) is 0 Å². The van der Waals surface area contributed by atoms with Gasteiger partial charge in [0.2, 0.25) is 0 Å². The summed E-state index contributed by atoms with van der Waals surface area (Å²) in [5.41, 5.74) is 1.18. The van der Waals surface area contributed by atoms with Crippen molar-refractivity contribution in [2.24, 2.45) is 0 Å². The van der Waals surface area contributed by atoms with Gasteiger partial charge >= 0.3 is 0 Å². The maximum atomic E-state index is 3.40. The lowest BCUT2D eigenvalue weighted by atomic mass is 10.3. The van der Waals surface area contributed by atoms with Gasteiger partial charge in [0.25, 0.3) is 0 Å². The maximum Gasteiger partial charge on any atom is 0.0688 e. The lowest BCUT2D eigenvalue weighted by molar-refractivity contribution is 1.00. The van der Waals surface area contributed by atoms with E-state index in [0.717, 1.165) is 5.25 Å². The second-order valence-corrected chi connectivity index (χ2v) is 4.70. The molecule has 2 rings (SSSR count). The third-order valence-electron chi connectivity index (χ3n) is 2.00. The zero-order valence-corrected chi connectivity index (χ0v) is 8.47. The van der Waals surface area contributed by atoms with Gasteiger partial charge in [-0.15, -0.1) is 11.8 Å². The summed E-state index contributed by atoms with van der Waals surface area (Å²) in [6.07, 6.45) is 3.45. The molecule has 1 heterocycles. The molecule has 1 atom stereocenters. The van der Waals surface area contributed by atoms with Crippen LogP contribution in [0.2, 0.25) is 0 Å². The first kappa shape index (κ1) is 8.70. The van der Waals surface area contributed by atoms with Crippen molar-refractivity contribution in [2.75, 3.05) is 5.32 Å². The summed E-state index contributed by atoms with van der Waals surface area (Å²) in [6, 6.07) is 10.3. The molecule has 1 nitrogen and oxygen atoms in total. The minimum Gasteiger partial charge on any atom is -0.350 e. The Kier molecular flexibility index (Phi) is 2.60. The SMILES string of the molecule is CC1CC=C(Nc2ccccc2)S1. The van der Waals surface area contributed by atoms with Gasteiger partial charge in [-0.05, 0) is 18.6 Å². The molecule has 1 aromatic carbocycles. The van der Waals surface area contributed by atoms with Gasteiger partial charge in [-0.2, -0.15) is 0 Å². The second-order valence-electron chi connectivity index (χ2n) is 3.22. The Bertz CT molecular complexity index is 305. The molecule has 0 radical (unpaired) electrons. The average molecular weight is 191 g/mol. The van der Waals surface area contributed by atoms with E-state index in [1.54, 1.807) is 0 Å². The fourth-order valence-corrected chi connectivity index (χ4v) is 2.33. The van der Waals surface area contributed by atoms with E-state index in [-0.39, 0.29) is 0 Å². The molecule has 0 bridgehead atoms. The van der Waals surface area contributed by atoms with Crippen molar-refractivity contribution in [1.29, 1.82) is 0 Å². The number of benzene rings is 1. The molecule has 2 heteroatoms. The predicted octanol–water partition coefficient (Wildman–Crippen LogP) is 3.47. The Hall–Kier alpha value is -0.890. The van der Waals surface area contributed by atoms with Crippen molar-refractivity contribution in [1.82, 2.24) is 0 Å². The van der Waals surface area contributed by atoms with E-state index >= 15 is 0 Å². The van der Waals surface area contributed by atoms with E-state index in [0.29, 0.717) is 0 Å². The summed E-state index contributed by atoms with van der Waals surface area (Å²) in [5.74, 6) is 0. The molecule has 0 fully saturated rings. The van der Waals surface area contributed by atoms with Crippen molar-refractivity contribution < 1.29 is 0 Å². The van der Waals surface area contributed by atoms with Crippen LogP contribution in [-0.2, 0) is 0 Å². The lowest BCUT2D eigenvalue weighted by Gasteiger charge is -2.06. The first-order valence-electron chi connectivity index (χ1n) is 4.53. The molecule has 0 amide bonds. The summed E-state index contributed by atoms with van der Waals surface area (Å²) >= 11 is 1.91. The van der Waals surface area contributed by atoms with Crippen molar-refractivity contribution in [2.45, 2.75) is 18.6 Å². The summed E-state index contributed by atoms with van der Waals surface area (Å²) in [5, 5.41) is 5.41. The molecule has 1 N–H and O–H groups in total. The molecule has 1 aliphatic heterocycles. The fraction of sp³-hybridized carbons (Fsp3) is 0.273. The Morgan fingerprint density at radius 2 is 2.08 bits per heavy atom. The molecular weight excluding hydrogens is 178 g/mol. The molecule has 0 saturated carbocycles. The van der Waals surface area contributed by atoms with Crippen LogP contribution in [0.25, 0.3) is 0 Å². The molecule has 0 spiro atoms. The Labute approximate surface area is 83.2 Å². The van der Waals surface area contributed by atoms with E-state index in [1.165, 1.54) is 17.1 Å². The molecule has 1 aliphatic rings. The molecular formula is C11H13NS. The van der Waals surface area contributed by atoms with Crippen LogP contribution in [-0.4, -0.2) is 5.25 Å². The number of rotatable bonds is 2. The van der Waals surface area contributed by atoms with Crippen LogP contribution in [0.3, 0.4) is 0 Å². The maximum absolute atomic E-state index is 3.40. The molecule has 68 valence electrons. The zero-order chi connectivity index (χ0) is 9.10. The third kappa shape index (κ3) is 2.28. The van der Waals surface area contributed by atoms with Crippen molar-refractivity contribution in [3.63, 3.8) is 0 Å². The number of nitrogens with one attached hydrogen (secondary N) is 1. The second kappa shape index (κ2) is 3.88. The van der Waals surface area contributed by atoms with Crippen LogP contribution in [0.5, 0.6) is 0 Å². The Morgan fingerprint density at radius 1 is 1.31 bits per heavy atom.